The Morgan fingerprint density at radius 3 is 2.50 bits per heavy atom. The first kappa shape index (κ1) is 18.7. The molecule has 2 rings (SSSR count). The highest BCUT2D eigenvalue weighted by atomic mass is 35.5. The van der Waals surface area contributed by atoms with E-state index in [1.807, 2.05) is 30.3 Å². The average Bonchev–Trinajstić information content (AvgIpc) is 2.53. The van der Waals surface area contributed by atoms with Crippen LogP contribution in [0.4, 0.5) is 5.69 Å². The number of quaternary nitrogens is 1. The van der Waals surface area contributed by atoms with Crippen LogP contribution in [-0.2, 0) is 0 Å². The van der Waals surface area contributed by atoms with Gasteiger partial charge in [0.05, 0.1) is 20.6 Å². The maximum Gasteiger partial charge on any atom is 0.171 e. The lowest BCUT2D eigenvalue weighted by Crippen LogP contribution is -3.07. The van der Waals surface area contributed by atoms with Crippen LogP contribution in [-0.4, -0.2) is 25.8 Å². The van der Waals surface area contributed by atoms with Gasteiger partial charge in [-0.1, -0.05) is 41.9 Å². The number of likely N-dealkylation sites (N-methyl/N-ethyl adjacent to an activating group) is 1. The van der Waals surface area contributed by atoms with Gasteiger partial charge in [-0.15, -0.1) is 0 Å². The highest BCUT2D eigenvalue weighted by Crippen LogP contribution is 2.20. The smallest absolute Gasteiger partial charge is 0.171 e. The summed E-state index contributed by atoms with van der Waals surface area (Å²) in [6.07, 6.45) is 0. The van der Waals surface area contributed by atoms with E-state index >= 15 is 0 Å². The van der Waals surface area contributed by atoms with E-state index in [2.05, 4.69) is 50.7 Å². The number of benzene rings is 2. The van der Waals surface area contributed by atoms with Crippen LogP contribution in [0.3, 0.4) is 0 Å². The van der Waals surface area contributed by atoms with Gasteiger partial charge in [0.25, 0.3) is 0 Å². The van der Waals surface area contributed by atoms with Crippen LogP contribution in [0.5, 0.6) is 0 Å². The summed E-state index contributed by atoms with van der Waals surface area (Å²) in [5, 5.41) is 8.03. The van der Waals surface area contributed by atoms with E-state index in [0.29, 0.717) is 11.7 Å². The Balaban J connectivity index is 2.03. The van der Waals surface area contributed by atoms with Crippen molar-refractivity contribution in [2.75, 3.05) is 26.0 Å². The van der Waals surface area contributed by atoms with Crippen LogP contribution in [0, 0.1) is 13.8 Å². The second kappa shape index (κ2) is 8.47. The number of thiocarbonyl (C=S) groups is 1. The van der Waals surface area contributed by atoms with Crippen LogP contribution in [0.1, 0.15) is 22.7 Å². The molecule has 1 atom stereocenters. The second-order valence-corrected chi connectivity index (χ2v) is 7.05. The van der Waals surface area contributed by atoms with Crippen molar-refractivity contribution in [1.29, 1.82) is 0 Å². The van der Waals surface area contributed by atoms with Crippen molar-refractivity contribution in [3.8, 4) is 0 Å². The van der Waals surface area contributed by atoms with E-state index in [9.17, 15) is 0 Å². The van der Waals surface area contributed by atoms with Crippen molar-refractivity contribution in [3.63, 3.8) is 0 Å². The third-order valence-electron chi connectivity index (χ3n) is 4.30. The Kier molecular flexibility index (Phi) is 6.60. The SMILES string of the molecule is Cc1cccc(NC(=S)NC[C@H](c2ccccc2Cl)[NH+](C)C)c1C. The molecule has 0 radical (unpaired) electrons. The first-order valence-electron chi connectivity index (χ1n) is 8.05. The van der Waals surface area contributed by atoms with Crippen molar-refractivity contribution in [2.45, 2.75) is 19.9 Å². The highest BCUT2D eigenvalue weighted by molar-refractivity contribution is 7.80. The zero-order valence-electron chi connectivity index (χ0n) is 14.6. The standard InChI is InChI=1S/C19H24ClN3S/c1-13-8-7-11-17(14(13)2)22-19(24)21-12-18(23(3)4)15-9-5-6-10-16(15)20/h5-11,18H,12H2,1-4H3,(H2,21,22,24)/p+1/t18-/m1/s1. The molecule has 0 aliphatic rings. The minimum absolute atomic E-state index is 0.219. The molecule has 128 valence electrons. The quantitative estimate of drug-likeness (QED) is 0.714. The first-order valence-corrected chi connectivity index (χ1v) is 8.84. The van der Waals surface area contributed by atoms with E-state index in [1.165, 1.54) is 16.0 Å². The van der Waals surface area contributed by atoms with E-state index < -0.39 is 0 Å². The van der Waals surface area contributed by atoms with Crippen molar-refractivity contribution in [3.05, 3.63) is 64.2 Å². The van der Waals surface area contributed by atoms with Crippen molar-refractivity contribution in [2.24, 2.45) is 0 Å². The van der Waals surface area contributed by atoms with Gasteiger partial charge in [-0.25, -0.2) is 0 Å². The van der Waals surface area contributed by atoms with Gasteiger partial charge in [0.2, 0.25) is 0 Å². The molecule has 5 heteroatoms. The number of nitrogens with one attached hydrogen (secondary N) is 3. The maximum atomic E-state index is 6.36. The summed E-state index contributed by atoms with van der Waals surface area (Å²) in [5.74, 6) is 0. The fourth-order valence-corrected chi connectivity index (χ4v) is 3.09. The molecule has 2 aromatic rings. The monoisotopic (exact) mass is 362 g/mol. The lowest BCUT2D eigenvalue weighted by molar-refractivity contribution is -0.890. The van der Waals surface area contributed by atoms with E-state index in [4.69, 9.17) is 23.8 Å². The molecule has 24 heavy (non-hydrogen) atoms. The first-order chi connectivity index (χ1) is 11.4. The molecule has 0 amide bonds. The molecule has 3 N–H and O–H groups in total. The number of anilines is 1. The molecule has 0 aliphatic carbocycles. The maximum absolute atomic E-state index is 6.36. The summed E-state index contributed by atoms with van der Waals surface area (Å²) in [6.45, 7) is 4.90. The fraction of sp³-hybridized carbons (Fsp3) is 0.316. The van der Waals surface area contributed by atoms with Crippen LogP contribution in [0.15, 0.2) is 42.5 Å². The molecule has 0 spiro atoms. The summed E-state index contributed by atoms with van der Waals surface area (Å²) in [4.78, 5) is 1.30. The van der Waals surface area contributed by atoms with Crippen molar-refractivity contribution < 1.29 is 4.90 Å². The van der Waals surface area contributed by atoms with Gasteiger partial charge in [0, 0.05) is 16.3 Å². The zero-order valence-corrected chi connectivity index (χ0v) is 16.2. The summed E-state index contributed by atoms with van der Waals surface area (Å²) in [7, 11) is 4.24. The van der Waals surface area contributed by atoms with Gasteiger partial charge in [-0.3, -0.25) is 0 Å². The molecule has 0 aromatic heterocycles. The van der Waals surface area contributed by atoms with Crippen molar-refractivity contribution in [1.82, 2.24) is 5.32 Å². The molecule has 2 aromatic carbocycles. The summed E-state index contributed by atoms with van der Waals surface area (Å²) in [5.41, 5.74) is 4.62. The molecule has 0 fully saturated rings. The third kappa shape index (κ3) is 4.69. The van der Waals surface area contributed by atoms with E-state index in [0.717, 1.165) is 16.3 Å². The van der Waals surface area contributed by atoms with Gasteiger partial charge in [-0.2, -0.15) is 0 Å². The van der Waals surface area contributed by atoms with Crippen LogP contribution in [0.25, 0.3) is 0 Å². The Hall–Kier alpha value is -1.62. The van der Waals surface area contributed by atoms with Gasteiger partial charge < -0.3 is 15.5 Å². The molecular weight excluding hydrogens is 338 g/mol. The lowest BCUT2D eigenvalue weighted by atomic mass is 10.1. The Bertz CT molecular complexity index is 716. The topological polar surface area (TPSA) is 28.5 Å². The lowest BCUT2D eigenvalue weighted by Gasteiger charge is -2.24. The van der Waals surface area contributed by atoms with Gasteiger partial charge in [0.1, 0.15) is 6.04 Å². The van der Waals surface area contributed by atoms with Crippen LogP contribution in [0.2, 0.25) is 5.02 Å². The molecule has 0 bridgehead atoms. The number of halogens is 1. The minimum atomic E-state index is 0.219. The fourth-order valence-electron chi connectivity index (χ4n) is 2.63. The molecule has 0 saturated carbocycles. The molecule has 0 heterocycles. The van der Waals surface area contributed by atoms with Crippen molar-refractivity contribution >= 4 is 34.6 Å². The highest BCUT2D eigenvalue weighted by Gasteiger charge is 2.20. The van der Waals surface area contributed by atoms with E-state index in [-0.39, 0.29) is 6.04 Å². The summed E-state index contributed by atoms with van der Waals surface area (Å²) < 4.78 is 0. The number of hydrogen-bond donors (Lipinski definition) is 3. The van der Waals surface area contributed by atoms with Crippen LogP contribution >= 0.6 is 23.8 Å². The third-order valence-corrected chi connectivity index (χ3v) is 4.89. The average molecular weight is 363 g/mol. The second-order valence-electron chi connectivity index (χ2n) is 6.23. The number of aryl methyl sites for hydroxylation is 1. The molecule has 0 saturated heterocycles. The Morgan fingerprint density at radius 2 is 1.83 bits per heavy atom. The minimum Gasteiger partial charge on any atom is -0.356 e. The summed E-state index contributed by atoms with van der Waals surface area (Å²) >= 11 is 11.8. The predicted molar refractivity (Wildman–Crippen MR) is 107 cm³/mol. The summed E-state index contributed by atoms with van der Waals surface area (Å²) in [6, 6.07) is 14.4. The normalized spacial score (nSPS) is 12.1. The Morgan fingerprint density at radius 1 is 1.12 bits per heavy atom. The van der Waals surface area contributed by atoms with Crippen LogP contribution < -0.4 is 15.5 Å². The zero-order chi connectivity index (χ0) is 17.7. The molecule has 0 aliphatic heterocycles. The molecule has 0 unspecified atom stereocenters. The van der Waals surface area contributed by atoms with Gasteiger partial charge in [0.15, 0.2) is 5.11 Å². The number of rotatable bonds is 5. The van der Waals surface area contributed by atoms with Gasteiger partial charge in [-0.05, 0) is 49.3 Å². The predicted octanol–water partition coefficient (Wildman–Crippen LogP) is 3.13. The molecule has 3 nitrogen and oxygen atoms in total. The van der Waals surface area contributed by atoms with E-state index in [1.54, 1.807) is 0 Å². The van der Waals surface area contributed by atoms with Gasteiger partial charge >= 0.3 is 0 Å². The Labute approximate surface area is 155 Å². The largest absolute Gasteiger partial charge is 0.356 e. The molecular formula is C19H25ClN3S+. The number of hydrogen-bond acceptors (Lipinski definition) is 1.